The van der Waals surface area contributed by atoms with Crippen LogP contribution >= 0.6 is 90.7 Å². The van der Waals surface area contributed by atoms with Crippen LogP contribution in [0, 0.1) is 23.3 Å². The SMILES string of the molecule is CC1NCC=C1c1cc2c(Nc3cc4ncsc4cc3F)ccnc2s1.CC1NCC=C1c1cc2c(Nc3cc4ncsc4cc3F)ccnc2s1.CC=O.CCN1CC=C(c2cc3c(Nc4cc5ncsc5cc4F)ccnc3s2)C1C.CCN1CCC(c2cc3c(Nc4cc5ncsc5cc4F)ccnc3s2)C1C.O=COCc1ccccc1. The number of likely N-dealkylation sites (N-methyl/N-ethyl adjacent to an activating group) is 2. The van der Waals surface area contributed by atoms with Gasteiger partial charge >= 0.3 is 0 Å². The van der Waals surface area contributed by atoms with Gasteiger partial charge in [-0.05, 0) is 180 Å². The molecular formula is C90H82F4N16O3S8. The van der Waals surface area contributed by atoms with Gasteiger partial charge < -0.3 is 46.3 Å². The molecule has 6 N–H and O–H groups in total. The van der Waals surface area contributed by atoms with E-state index in [1.54, 1.807) is 123 Å². The predicted molar refractivity (Wildman–Crippen MR) is 499 cm³/mol. The quantitative estimate of drug-likeness (QED) is 0.0368. The number of pyridine rings is 4. The lowest BCUT2D eigenvalue weighted by molar-refractivity contribution is -0.129. The van der Waals surface area contributed by atoms with E-state index >= 15 is 0 Å². The number of rotatable bonds is 17. The zero-order valence-electron chi connectivity index (χ0n) is 66.6. The standard InChI is InChI=1S/C21H21FN4S2.C21H19FN4S2.2C19H15FN4S2.C8H8O2.C2H4O/c2*1-3-26-7-5-13(12(26)2)19-8-14-16(4-6-23-21(14)28-19)25-17-10-18-20(9-15(17)22)27-11-24-18;2*1-10-11(2-4-21-10)17-6-12-14(3-5-22-19(12)26-17)24-15-8-16-18(7-13(15)20)25-9-23-16;9-7-10-6-8-4-2-1-3-5-8;1-2-3/h4,6,8-13H,3,5,7H2,1-2H3,(H,23,25);4-6,8-12H,3,7H2,1-2H3,(H,23,25);2*2-3,5-10,21H,4H2,1H3,(H,22,24);1-5,7H,6H2;2H,1H3. The lowest BCUT2D eigenvalue weighted by atomic mass is 9.99. The van der Waals surface area contributed by atoms with E-state index in [4.69, 9.17) is 4.79 Å². The molecule has 0 bridgehead atoms. The van der Waals surface area contributed by atoms with Gasteiger partial charge in [-0.25, -0.2) is 57.4 Å². The van der Waals surface area contributed by atoms with E-state index in [2.05, 4.69) is 170 Å². The molecule has 0 aliphatic carbocycles. The first kappa shape index (κ1) is 83.9. The Morgan fingerprint density at radius 2 is 0.826 bits per heavy atom. The Balaban J connectivity index is 0.000000114. The second-order valence-corrected chi connectivity index (χ2v) is 36.5. The van der Waals surface area contributed by atoms with Crippen LogP contribution in [0.3, 0.4) is 0 Å². The average molecular weight is 1770 g/mol. The molecule has 12 aromatic heterocycles. The molecule has 5 unspecified atom stereocenters. The Hall–Kier alpha value is -10.8. The van der Waals surface area contributed by atoms with Gasteiger partial charge in [-0.3, -0.25) is 9.69 Å². The Kier molecular flexibility index (Phi) is 26.4. The van der Waals surface area contributed by atoms with Crippen LogP contribution in [0.1, 0.15) is 85.9 Å². The summed E-state index contributed by atoms with van der Waals surface area (Å²) in [6.45, 7) is 21.6. The van der Waals surface area contributed by atoms with Crippen molar-refractivity contribution in [2.45, 2.75) is 91.6 Å². The minimum atomic E-state index is -0.279. The first-order valence-corrected chi connectivity index (χ1v) is 46.1. The number of anilines is 8. The average Bonchev–Trinajstić information content (AvgIpc) is 1.64. The summed E-state index contributed by atoms with van der Waals surface area (Å²) in [6, 6.07) is 40.7. The molecule has 1 fully saturated rings. The van der Waals surface area contributed by atoms with Gasteiger partial charge in [0, 0.05) is 116 Å². The number of hydrogen-bond donors (Lipinski definition) is 6. The van der Waals surface area contributed by atoms with Gasteiger partial charge in [-0.1, -0.05) is 62.4 Å². The van der Waals surface area contributed by atoms with E-state index in [1.165, 1.54) is 113 Å². The van der Waals surface area contributed by atoms with E-state index in [9.17, 15) is 22.4 Å². The number of nitrogens with zero attached hydrogens (tertiary/aromatic N) is 10. The third-order valence-electron chi connectivity index (χ3n) is 21.6. The van der Waals surface area contributed by atoms with Gasteiger partial charge in [0.05, 0.1) is 108 Å². The van der Waals surface area contributed by atoms with E-state index in [-0.39, 0.29) is 23.3 Å². The topological polar surface area (TPSA) is 225 Å². The molecule has 121 heavy (non-hydrogen) atoms. The van der Waals surface area contributed by atoms with Gasteiger partial charge in [-0.2, -0.15) is 0 Å². The fourth-order valence-corrected chi connectivity index (χ4v) is 22.6. The summed E-state index contributed by atoms with van der Waals surface area (Å²) in [5.74, 6) is -0.560. The minimum absolute atomic E-state index is 0.264. The van der Waals surface area contributed by atoms with Crippen LogP contribution < -0.4 is 31.9 Å². The number of thiophene rings is 4. The number of carbonyl (C=O) groups excluding carboxylic acids is 2. The zero-order chi connectivity index (χ0) is 83.8. The van der Waals surface area contributed by atoms with E-state index in [0.29, 0.717) is 65.9 Å². The van der Waals surface area contributed by atoms with Gasteiger partial charge in [0.15, 0.2) is 0 Å². The molecular weight excluding hydrogens is 1690 g/mol. The fourth-order valence-electron chi connectivity index (χ4n) is 15.2. The molecule has 0 spiro atoms. The number of aldehydes is 1. The molecule has 4 aliphatic rings. The summed E-state index contributed by atoms with van der Waals surface area (Å²) in [6.07, 6.45) is 15.8. The monoisotopic (exact) mass is 1770 g/mol. The van der Waals surface area contributed by atoms with Crippen molar-refractivity contribution in [3.63, 3.8) is 0 Å². The van der Waals surface area contributed by atoms with Crippen LogP contribution in [0.5, 0.6) is 0 Å². The molecule has 0 saturated carbocycles. The number of aromatic nitrogens is 8. The lowest BCUT2D eigenvalue weighted by Gasteiger charge is -2.22. The minimum Gasteiger partial charge on any atom is -0.463 e. The van der Waals surface area contributed by atoms with Crippen LogP contribution in [-0.4, -0.2) is 126 Å². The predicted octanol–water partition coefficient (Wildman–Crippen LogP) is 23.8. The maximum absolute atomic E-state index is 14.6. The first-order chi connectivity index (χ1) is 59.0. The zero-order valence-corrected chi connectivity index (χ0v) is 73.2. The number of thiazole rings is 4. The van der Waals surface area contributed by atoms with Crippen molar-refractivity contribution in [1.82, 2.24) is 60.3 Å². The molecule has 16 heterocycles. The Morgan fingerprint density at radius 1 is 0.455 bits per heavy atom. The summed E-state index contributed by atoms with van der Waals surface area (Å²) in [4.78, 5) is 67.6. The fraction of sp³-hybridized carbons (Fsp3) is 0.222. The number of ether oxygens (including phenoxy) is 1. The Labute approximate surface area is 726 Å². The lowest BCUT2D eigenvalue weighted by Crippen LogP contribution is -2.28. The normalized spacial score (nSPS) is 17.0. The molecule has 0 amide bonds. The molecule has 5 atom stereocenters. The highest BCUT2D eigenvalue weighted by Crippen LogP contribution is 2.45. The third kappa shape index (κ3) is 18.7. The third-order valence-corrected chi connectivity index (χ3v) is 29.2. The van der Waals surface area contributed by atoms with Crippen molar-refractivity contribution < 1.29 is 31.9 Å². The van der Waals surface area contributed by atoms with E-state index in [1.807, 2.05) is 54.6 Å². The molecule has 31 heteroatoms. The second-order valence-electron chi connectivity index (χ2n) is 28.8. The summed E-state index contributed by atoms with van der Waals surface area (Å²) >= 11 is 12.6. The number of likely N-dealkylation sites (tertiary alicyclic amines) is 1. The summed E-state index contributed by atoms with van der Waals surface area (Å²) in [7, 11) is 0. The second kappa shape index (κ2) is 38.1. The summed E-state index contributed by atoms with van der Waals surface area (Å²) in [5, 5.41) is 23.9. The van der Waals surface area contributed by atoms with Gasteiger partial charge in [0.1, 0.15) is 55.5 Å². The number of hydrogen-bond acceptors (Lipinski definition) is 27. The van der Waals surface area contributed by atoms with Crippen LogP contribution in [0.2, 0.25) is 0 Å². The highest BCUT2D eigenvalue weighted by molar-refractivity contribution is 7.21. The molecule has 21 rings (SSSR count). The van der Waals surface area contributed by atoms with Crippen molar-refractivity contribution in [3.05, 3.63) is 241 Å². The molecule has 5 aromatic carbocycles. The maximum Gasteiger partial charge on any atom is 0.293 e. The number of nitrogens with one attached hydrogen (secondary N) is 6. The molecule has 19 nitrogen and oxygen atoms in total. The molecule has 616 valence electrons. The number of carbonyl (C=O) groups is 2. The van der Waals surface area contributed by atoms with Crippen molar-refractivity contribution in [2.24, 2.45) is 0 Å². The van der Waals surface area contributed by atoms with Crippen molar-refractivity contribution in [3.8, 4) is 0 Å². The molecule has 17 aromatic rings. The number of halogens is 4. The van der Waals surface area contributed by atoms with Gasteiger partial charge in [-0.15, -0.1) is 90.7 Å². The first-order valence-electron chi connectivity index (χ1n) is 39.3. The van der Waals surface area contributed by atoms with E-state index < -0.39 is 0 Å². The Morgan fingerprint density at radius 3 is 1.17 bits per heavy atom. The number of benzene rings is 5. The van der Waals surface area contributed by atoms with E-state index in [0.717, 1.165) is 156 Å². The van der Waals surface area contributed by atoms with Crippen LogP contribution in [0.25, 0.3) is 98.5 Å². The van der Waals surface area contributed by atoms with Crippen LogP contribution in [0.15, 0.2) is 192 Å². The number of fused-ring (bicyclic) bond motifs is 8. The Bertz CT molecular complexity index is 6510. The largest absolute Gasteiger partial charge is 0.463 e. The molecule has 1 saturated heterocycles. The smallest absolute Gasteiger partial charge is 0.293 e. The maximum atomic E-state index is 14.6. The van der Waals surface area contributed by atoms with Gasteiger partial charge in [0.25, 0.3) is 6.47 Å². The molecule has 4 aliphatic heterocycles. The van der Waals surface area contributed by atoms with Crippen LogP contribution in [0.4, 0.5) is 63.1 Å². The van der Waals surface area contributed by atoms with Crippen molar-refractivity contribution in [1.29, 1.82) is 0 Å². The highest BCUT2D eigenvalue weighted by atomic mass is 32.1. The molecule has 0 radical (unpaired) electrons. The summed E-state index contributed by atoms with van der Waals surface area (Å²) in [5.41, 5.74) is 20.3. The highest BCUT2D eigenvalue weighted by Gasteiger charge is 2.33. The summed E-state index contributed by atoms with van der Waals surface area (Å²) < 4.78 is 66.0. The van der Waals surface area contributed by atoms with Crippen molar-refractivity contribution >= 4 is 247 Å². The van der Waals surface area contributed by atoms with Crippen molar-refractivity contribution in [2.75, 3.05) is 60.5 Å². The van der Waals surface area contributed by atoms with Crippen LogP contribution in [-0.2, 0) is 20.9 Å². The van der Waals surface area contributed by atoms with Gasteiger partial charge in [0.2, 0.25) is 0 Å².